The Bertz CT molecular complexity index is 1360. The maximum absolute atomic E-state index is 13.2. The molecule has 2 aromatic heterocycles. The van der Waals surface area contributed by atoms with Crippen LogP contribution in [0, 0.1) is 11.7 Å². The average Bonchev–Trinajstić information content (AvgIpc) is 3.18. The number of halogens is 1. The first kappa shape index (κ1) is 21.4. The molecule has 1 aromatic carbocycles. The molecule has 0 radical (unpaired) electrons. The van der Waals surface area contributed by atoms with Crippen LogP contribution >= 0.6 is 0 Å². The first-order chi connectivity index (χ1) is 15.2. The summed E-state index contributed by atoms with van der Waals surface area (Å²) >= 11 is 0. The largest absolute Gasteiger partial charge is 0.332 e. The Morgan fingerprint density at radius 3 is 2.50 bits per heavy atom. The van der Waals surface area contributed by atoms with Crippen molar-refractivity contribution in [2.24, 2.45) is 20.0 Å². The number of amides is 2. The number of carbonyl (C=O) groups excluding carboxylic acids is 2. The fourth-order valence-corrected chi connectivity index (χ4v) is 3.96. The zero-order valence-electron chi connectivity index (χ0n) is 17.9. The molecule has 0 saturated carbocycles. The van der Waals surface area contributed by atoms with Crippen molar-refractivity contribution < 1.29 is 14.0 Å². The molecule has 0 bridgehead atoms. The third-order valence-corrected chi connectivity index (χ3v) is 5.81. The molecule has 1 saturated heterocycles. The maximum atomic E-state index is 13.2. The summed E-state index contributed by atoms with van der Waals surface area (Å²) in [5.41, 5.74) is 0.539. The van der Waals surface area contributed by atoms with Crippen LogP contribution in [0.3, 0.4) is 0 Å². The number of rotatable bonds is 4. The number of fused-ring (bicyclic) bond motifs is 1. The zero-order chi connectivity index (χ0) is 23.2. The molecule has 0 aliphatic carbocycles. The normalized spacial score (nSPS) is 16.1. The van der Waals surface area contributed by atoms with Crippen LogP contribution in [0.1, 0.15) is 18.9 Å². The summed E-state index contributed by atoms with van der Waals surface area (Å²) in [5, 5.41) is 2.96. The van der Waals surface area contributed by atoms with E-state index in [0.29, 0.717) is 23.4 Å². The van der Waals surface area contributed by atoms with E-state index in [1.165, 1.54) is 54.0 Å². The highest BCUT2D eigenvalue weighted by Crippen LogP contribution is 2.28. The molecule has 1 unspecified atom stereocenters. The number of hydrogen-bond donors (Lipinski definition) is 1. The predicted octanol–water partition coefficient (Wildman–Crippen LogP) is 1.33. The Labute approximate surface area is 182 Å². The van der Waals surface area contributed by atoms with E-state index in [-0.39, 0.29) is 29.9 Å². The monoisotopic (exact) mass is 439 g/mol. The van der Waals surface area contributed by atoms with Crippen molar-refractivity contribution in [3.63, 3.8) is 0 Å². The molecule has 4 rings (SSSR count). The van der Waals surface area contributed by atoms with Crippen molar-refractivity contribution in [3.05, 3.63) is 62.7 Å². The van der Waals surface area contributed by atoms with Crippen LogP contribution in [0.2, 0.25) is 0 Å². The summed E-state index contributed by atoms with van der Waals surface area (Å²) in [5.74, 6) is -1.73. The van der Waals surface area contributed by atoms with Crippen molar-refractivity contribution in [1.29, 1.82) is 0 Å². The van der Waals surface area contributed by atoms with E-state index in [4.69, 9.17) is 0 Å². The van der Waals surface area contributed by atoms with E-state index >= 15 is 0 Å². The van der Waals surface area contributed by atoms with Crippen LogP contribution < -0.4 is 21.5 Å². The predicted molar refractivity (Wildman–Crippen MR) is 117 cm³/mol. The van der Waals surface area contributed by atoms with Gasteiger partial charge < -0.3 is 10.2 Å². The lowest BCUT2D eigenvalue weighted by molar-refractivity contribution is -0.122. The van der Waals surface area contributed by atoms with Crippen molar-refractivity contribution in [2.75, 3.05) is 16.8 Å². The van der Waals surface area contributed by atoms with Crippen molar-refractivity contribution >= 4 is 34.2 Å². The highest BCUT2D eigenvalue weighted by atomic mass is 19.1. The molecule has 9 nitrogen and oxygen atoms in total. The van der Waals surface area contributed by atoms with Crippen LogP contribution in [0.4, 0.5) is 15.8 Å². The Hall–Kier alpha value is -3.82. The summed E-state index contributed by atoms with van der Waals surface area (Å²) in [6.45, 7) is 2.00. The van der Waals surface area contributed by atoms with E-state index < -0.39 is 28.9 Å². The minimum Gasteiger partial charge on any atom is -0.325 e. The van der Waals surface area contributed by atoms with E-state index in [2.05, 4.69) is 10.3 Å². The number of nitrogens with zero attached hydrogens (tertiary/aromatic N) is 4. The highest BCUT2D eigenvalue weighted by Gasteiger charge is 2.35. The topological polar surface area (TPSA) is 106 Å². The first-order valence-corrected chi connectivity index (χ1v) is 10.2. The maximum Gasteiger partial charge on any atom is 0.332 e. The van der Waals surface area contributed by atoms with E-state index in [0.717, 1.165) is 4.57 Å². The van der Waals surface area contributed by atoms with Gasteiger partial charge in [-0.25, -0.2) is 14.2 Å². The molecule has 2 amide bonds. The van der Waals surface area contributed by atoms with Crippen LogP contribution in [-0.2, 0) is 30.1 Å². The summed E-state index contributed by atoms with van der Waals surface area (Å²) in [6.07, 6.45) is 2.02. The van der Waals surface area contributed by atoms with Gasteiger partial charge in [-0.05, 0) is 36.2 Å². The SMILES string of the molecule is CCc1cnc2c(c1NC(=O)C1CC(=O)N(c3ccc(F)cc3)C1)c(=O)n(C)c(=O)n2C. The van der Waals surface area contributed by atoms with E-state index in [1.807, 2.05) is 6.92 Å². The average molecular weight is 439 g/mol. The molecule has 1 atom stereocenters. The third-order valence-electron chi connectivity index (χ3n) is 5.81. The van der Waals surface area contributed by atoms with Gasteiger partial charge in [-0.3, -0.25) is 23.5 Å². The van der Waals surface area contributed by atoms with Gasteiger partial charge in [0.1, 0.15) is 11.2 Å². The number of nitrogens with one attached hydrogen (secondary N) is 1. The molecule has 1 aliphatic rings. The first-order valence-electron chi connectivity index (χ1n) is 10.2. The minimum absolute atomic E-state index is 0.00974. The standard InChI is InChI=1S/C22H22FN5O4/c1-4-12-10-24-19-17(21(31)27(3)22(32)26(19)2)18(12)25-20(30)13-9-16(29)28(11-13)15-7-5-14(23)6-8-15/h5-8,10,13H,4,9,11H2,1-3H3,(H,24,25,30). The lowest BCUT2D eigenvalue weighted by atomic mass is 10.1. The third kappa shape index (κ3) is 3.47. The molecular formula is C22H22FN5O4. The molecule has 166 valence electrons. The molecule has 0 spiro atoms. The highest BCUT2D eigenvalue weighted by molar-refractivity contribution is 6.06. The zero-order valence-corrected chi connectivity index (χ0v) is 17.9. The number of anilines is 2. The number of hydrogen-bond acceptors (Lipinski definition) is 5. The molecule has 32 heavy (non-hydrogen) atoms. The number of benzene rings is 1. The number of aromatic nitrogens is 3. The Morgan fingerprint density at radius 1 is 1.16 bits per heavy atom. The van der Waals surface area contributed by atoms with Gasteiger partial charge in [0.25, 0.3) is 5.56 Å². The number of pyridine rings is 1. The van der Waals surface area contributed by atoms with E-state index in [9.17, 15) is 23.6 Å². The van der Waals surface area contributed by atoms with Gasteiger partial charge in [-0.1, -0.05) is 6.92 Å². The Balaban J connectivity index is 1.70. The van der Waals surface area contributed by atoms with E-state index in [1.54, 1.807) is 0 Å². The van der Waals surface area contributed by atoms with Crippen LogP contribution in [0.25, 0.3) is 11.0 Å². The van der Waals surface area contributed by atoms with Crippen LogP contribution in [0.15, 0.2) is 40.1 Å². The van der Waals surface area contributed by atoms with Gasteiger partial charge >= 0.3 is 5.69 Å². The summed E-state index contributed by atoms with van der Waals surface area (Å²) in [6, 6.07) is 5.49. The molecule has 3 heterocycles. The quantitative estimate of drug-likeness (QED) is 0.660. The van der Waals surface area contributed by atoms with Gasteiger partial charge in [0.05, 0.1) is 11.6 Å². The molecular weight excluding hydrogens is 417 g/mol. The summed E-state index contributed by atoms with van der Waals surface area (Å²) < 4.78 is 15.4. The van der Waals surface area contributed by atoms with Crippen LogP contribution in [-0.4, -0.2) is 32.5 Å². The fraction of sp³-hybridized carbons (Fsp3) is 0.318. The van der Waals surface area contributed by atoms with Crippen molar-refractivity contribution in [3.8, 4) is 0 Å². The second-order valence-electron chi connectivity index (χ2n) is 7.79. The van der Waals surface area contributed by atoms with Gasteiger partial charge in [0, 0.05) is 38.9 Å². The van der Waals surface area contributed by atoms with Gasteiger partial charge in [-0.15, -0.1) is 0 Å². The summed E-state index contributed by atoms with van der Waals surface area (Å²) in [4.78, 5) is 56.4. The number of aryl methyl sites for hydroxylation is 2. The minimum atomic E-state index is -0.656. The van der Waals surface area contributed by atoms with Gasteiger partial charge in [0.2, 0.25) is 11.8 Å². The van der Waals surface area contributed by atoms with Crippen LogP contribution in [0.5, 0.6) is 0 Å². The van der Waals surface area contributed by atoms with Crippen molar-refractivity contribution in [2.45, 2.75) is 19.8 Å². The molecule has 1 N–H and O–H groups in total. The fourth-order valence-electron chi connectivity index (χ4n) is 3.96. The van der Waals surface area contributed by atoms with Crippen molar-refractivity contribution in [1.82, 2.24) is 14.1 Å². The lowest BCUT2D eigenvalue weighted by Crippen LogP contribution is -2.38. The molecule has 10 heteroatoms. The summed E-state index contributed by atoms with van der Waals surface area (Å²) in [7, 11) is 2.87. The van der Waals surface area contributed by atoms with Gasteiger partial charge in [-0.2, -0.15) is 0 Å². The Morgan fingerprint density at radius 2 is 1.84 bits per heavy atom. The molecule has 1 fully saturated rings. The molecule has 3 aromatic rings. The Kier molecular flexibility index (Phi) is 5.37. The second-order valence-corrected chi connectivity index (χ2v) is 7.79. The molecule has 1 aliphatic heterocycles. The number of carbonyl (C=O) groups is 2. The second kappa shape index (κ2) is 8.03. The van der Waals surface area contributed by atoms with Gasteiger partial charge in [0.15, 0.2) is 5.65 Å². The smallest absolute Gasteiger partial charge is 0.325 e. The lowest BCUT2D eigenvalue weighted by Gasteiger charge is -2.18.